The van der Waals surface area contributed by atoms with Gasteiger partial charge in [-0.3, -0.25) is 9.59 Å². The maximum atomic E-state index is 14.1. The van der Waals surface area contributed by atoms with Gasteiger partial charge >= 0.3 is 18.2 Å². The lowest BCUT2D eigenvalue weighted by Gasteiger charge is -2.29. The molecule has 2 aromatic rings. The number of para-hydroxylation sites is 1. The van der Waals surface area contributed by atoms with E-state index in [4.69, 9.17) is 0 Å². The van der Waals surface area contributed by atoms with E-state index in [-0.39, 0.29) is 12.2 Å². The Morgan fingerprint density at radius 1 is 1.03 bits per heavy atom. The number of halogens is 5. The predicted molar refractivity (Wildman–Crippen MR) is 106 cm³/mol. The highest BCUT2D eigenvalue weighted by atomic mass is 19.4. The Kier molecular flexibility index (Phi) is 6.56. The highest BCUT2D eigenvalue weighted by Crippen LogP contribution is 2.40. The standard InChI is InChI=1S/C21H18F5N3O4/c1-2-33-19(32)29-16(20(22,23)21(24,25)26)18(31)28-15-13-9-4-3-7-11(13)12-8-5-6-10-14(12)27-17(15)30/h3-10,15-16H,2H2,1H3,(H,27,30)(H,28,31)(H,29,32)/t15-,16-/m0/s1. The Hall–Kier alpha value is -3.70. The fraction of sp³-hybridized carbons (Fsp3) is 0.286. The number of alkyl carbamates (subject to hydrolysis) is 1. The molecule has 1 aliphatic heterocycles. The van der Waals surface area contributed by atoms with Crippen LogP contribution in [0.1, 0.15) is 18.5 Å². The largest absolute Gasteiger partial charge is 0.456 e. The van der Waals surface area contributed by atoms with Gasteiger partial charge in [0, 0.05) is 11.3 Å². The first-order chi connectivity index (χ1) is 15.5. The smallest absolute Gasteiger partial charge is 0.450 e. The third-order valence-corrected chi connectivity index (χ3v) is 4.84. The van der Waals surface area contributed by atoms with Crippen LogP contribution in [-0.2, 0) is 14.3 Å². The van der Waals surface area contributed by atoms with E-state index in [2.05, 4.69) is 10.1 Å². The van der Waals surface area contributed by atoms with Crippen LogP contribution in [0.4, 0.5) is 32.4 Å². The van der Waals surface area contributed by atoms with Gasteiger partial charge in [0.1, 0.15) is 6.04 Å². The number of alkyl halides is 5. The summed E-state index contributed by atoms with van der Waals surface area (Å²) in [6.45, 7) is 0.954. The Morgan fingerprint density at radius 2 is 1.64 bits per heavy atom. The highest BCUT2D eigenvalue weighted by molar-refractivity contribution is 6.05. The van der Waals surface area contributed by atoms with Gasteiger partial charge in [-0.1, -0.05) is 42.5 Å². The third-order valence-electron chi connectivity index (χ3n) is 4.84. The maximum absolute atomic E-state index is 14.1. The Balaban J connectivity index is 1.99. The SMILES string of the molecule is CCOC(=O)N[C@@H](C(=O)N[C@@H]1C(=O)Nc2ccccc2-c2ccccc21)C(F)(F)C(F)(F)F. The number of carbonyl (C=O) groups is 3. The molecule has 3 N–H and O–H groups in total. The quantitative estimate of drug-likeness (QED) is 0.579. The van der Waals surface area contributed by atoms with Gasteiger partial charge in [0.15, 0.2) is 6.04 Å². The van der Waals surface area contributed by atoms with Crippen molar-refractivity contribution in [3.05, 3.63) is 54.1 Å². The van der Waals surface area contributed by atoms with Crippen molar-refractivity contribution in [1.82, 2.24) is 10.6 Å². The van der Waals surface area contributed by atoms with Crippen molar-refractivity contribution in [3.63, 3.8) is 0 Å². The first-order valence-electron chi connectivity index (χ1n) is 9.64. The number of hydrogen-bond acceptors (Lipinski definition) is 4. The number of nitrogens with one attached hydrogen (secondary N) is 3. The Morgan fingerprint density at radius 3 is 2.27 bits per heavy atom. The van der Waals surface area contributed by atoms with Crippen LogP contribution in [0, 0.1) is 0 Å². The van der Waals surface area contributed by atoms with Gasteiger partial charge in [-0.25, -0.2) is 4.79 Å². The Bertz CT molecular complexity index is 1070. The summed E-state index contributed by atoms with van der Waals surface area (Å²) < 4.78 is 71.7. The van der Waals surface area contributed by atoms with E-state index < -0.39 is 42.1 Å². The topological polar surface area (TPSA) is 96.5 Å². The van der Waals surface area contributed by atoms with Gasteiger partial charge in [0.25, 0.3) is 5.91 Å². The van der Waals surface area contributed by atoms with Gasteiger partial charge in [0.05, 0.1) is 6.61 Å². The lowest BCUT2D eigenvalue weighted by Crippen LogP contribution is -2.62. The van der Waals surface area contributed by atoms with Crippen LogP contribution in [0.3, 0.4) is 0 Å². The lowest BCUT2D eigenvalue weighted by atomic mass is 9.95. The van der Waals surface area contributed by atoms with E-state index in [1.807, 2.05) is 5.32 Å². The van der Waals surface area contributed by atoms with Crippen molar-refractivity contribution in [2.45, 2.75) is 31.1 Å². The van der Waals surface area contributed by atoms with Gasteiger partial charge in [-0.05, 0) is 24.1 Å². The van der Waals surface area contributed by atoms with Crippen molar-refractivity contribution in [2.24, 2.45) is 0 Å². The zero-order valence-electron chi connectivity index (χ0n) is 17.0. The number of amides is 3. The summed E-state index contributed by atoms with van der Waals surface area (Å²) in [4.78, 5) is 37.1. The first-order valence-corrected chi connectivity index (χ1v) is 9.64. The first kappa shape index (κ1) is 24.0. The average Bonchev–Trinajstić information content (AvgIpc) is 2.86. The highest BCUT2D eigenvalue weighted by Gasteiger charge is 2.65. The van der Waals surface area contributed by atoms with Gasteiger partial charge in [-0.15, -0.1) is 0 Å². The van der Waals surface area contributed by atoms with Crippen molar-refractivity contribution in [2.75, 3.05) is 11.9 Å². The van der Waals surface area contributed by atoms with Crippen LogP contribution in [0.25, 0.3) is 11.1 Å². The molecule has 2 aromatic carbocycles. The molecule has 3 amide bonds. The molecule has 0 bridgehead atoms. The minimum atomic E-state index is -6.17. The minimum Gasteiger partial charge on any atom is -0.450 e. The van der Waals surface area contributed by atoms with Crippen molar-refractivity contribution in [1.29, 1.82) is 0 Å². The molecule has 0 radical (unpaired) electrons. The molecule has 0 fully saturated rings. The number of hydrogen-bond donors (Lipinski definition) is 3. The van der Waals surface area contributed by atoms with Crippen LogP contribution in [-0.4, -0.2) is 42.7 Å². The van der Waals surface area contributed by atoms with Crippen molar-refractivity contribution in [3.8, 4) is 11.1 Å². The Labute approximate surface area is 184 Å². The molecule has 1 aliphatic rings. The summed E-state index contributed by atoms with van der Waals surface area (Å²) in [6.07, 6.45) is -7.83. The van der Waals surface area contributed by atoms with Crippen molar-refractivity contribution >= 4 is 23.6 Å². The normalized spacial score (nSPS) is 16.4. The molecule has 0 saturated heterocycles. The van der Waals surface area contributed by atoms with Gasteiger partial charge < -0.3 is 20.7 Å². The van der Waals surface area contributed by atoms with Crippen LogP contribution < -0.4 is 16.0 Å². The number of benzene rings is 2. The fourth-order valence-corrected chi connectivity index (χ4v) is 3.31. The molecule has 2 atom stereocenters. The minimum absolute atomic E-state index is 0.165. The second kappa shape index (κ2) is 9.04. The second-order valence-corrected chi connectivity index (χ2v) is 6.98. The lowest BCUT2D eigenvalue weighted by molar-refractivity contribution is -0.289. The molecule has 0 spiro atoms. The van der Waals surface area contributed by atoms with Gasteiger partial charge in [-0.2, -0.15) is 22.0 Å². The summed E-state index contributed by atoms with van der Waals surface area (Å²) in [5, 5.41) is 5.69. The molecule has 0 aliphatic carbocycles. The van der Waals surface area contributed by atoms with E-state index in [1.165, 1.54) is 24.4 Å². The summed E-state index contributed by atoms with van der Waals surface area (Å²) in [6, 6.07) is 7.71. The van der Waals surface area contributed by atoms with Crippen molar-refractivity contribution < 1.29 is 41.1 Å². The predicted octanol–water partition coefficient (Wildman–Crippen LogP) is 3.78. The van der Waals surface area contributed by atoms with E-state index in [0.29, 0.717) is 16.8 Å². The molecule has 1 heterocycles. The summed E-state index contributed by atoms with van der Waals surface area (Å²) in [5.74, 6) is -8.45. The fourth-order valence-electron chi connectivity index (χ4n) is 3.31. The molecule has 33 heavy (non-hydrogen) atoms. The molecule has 3 rings (SSSR count). The van der Waals surface area contributed by atoms with Crippen LogP contribution in [0.2, 0.25) is 0 Å². The van der Waals surface area contributed by atoms with E-state index >= 15 is 0 Å². The van der Waals surface area contributed by atoms with E-state index in [1.54, 1.807) is 36.4 Å². The summed E-state index contributed by atoms with van der Waals surface area (Å²) in [5.41, 5.74) is 1.53. The number of fused-ring (bicyclic) bond motifs is 3. The van der Waals surface area contributed by atoms with Crippen LogP contribution >= 0.6 is 0 Å². The van der Waals surface area contributed by atoms with Crippen LogP contribution in [0.5, 0.6) is 0 Å². The number of rotatable bonds is 5. The van der Waals surface area contributed by atoms with E-state index in [9.17, 15) is 36.3 Å². The number of anilines is 1. The monoisotopic (exact) mass is 471 g/mol. The molecule has 7 nitrogen and oxygen atoms in total. The van der Waals surface area contributed by atoms with Crippen LogP contribution in [0.15, 0.2) is 48.5 Å². The molecular weight excluding hydrogens is 453 g/mol. The zero-order valence-corrected chi connectivity index (χ0v) is 17.0. The molecule has 0 saturated carbocycles. The summed E-state index contributed by atoms with van der Waals surface area (Å²) in [7, 11) is 0. The number of ether oxygens (including phenoxy) is 1. The second-order valence-electron chi connectivity index (χ2n) is 6.98. The third kappa shape index (κ3) is 4.73. The maximum Gasteiger partial charge on any atom is 0.456 e. The summed E-state index contributed by atoms with van der Waals surface area (Å²) >= 11 is 0. The molecule has 0 unspecified atom stereocenters. The molecule has 176 valence electrons. The molecular formula is C21H18F5N3O4. The van der Waals surface area contributed by atoms with Gasteiger partial charge in [0.2, 0.25) is 5.91 Å². The van der Waals surface area contributed by atoms with E-state index in [0.717, 1.165) is 0 Å². The molecule has 12 heteroatoms. The zero-order chi connectivity index (χ0) is 24.4. The number of carbonyl (C=O) groups excluding carboxylic acids is 3. The average molecular weight is 471 g/mol. The molecule has 0 aromatic heterocycles.